The Bertz CT molecular complexity index is 248. The zero-order chi connectivity index (χ0) is 9.68. The third-order valence-electron chi connectivity index (χ3n) is 2.11. The minimum atomic E-state index is 0.109. The average molecular weight is 175 g/mol. The highest BCUT2D eigenvalue weighted by Crippen LogP contribution is 2.30. The van der Waals surface area contributed by atoms with E-state index in [9.17, 15) is 5.11 Å². The standard InChI is InChI=1S/C12H15O/c1-3-6-10-8-5-9-11(7-4-2)12(10)13/h3-5,8-10,13H,1-2,6-7H2. The van der Waals surface area contributed by atoms with Crippen molar-refractivity contribution < 1.29 is 5.11 Å². The third kappa shape index (κ3) is 2.43. The molecule has 0 aromatic rings. The summed E-state index contributed by atoms with van der Waals surface area (Å²) in [6.07, 6.45) is 11.5. The van der Waals surface area contributed by atoms with Crippen molar-refractivity contribution in [3.05, 3.63) is 55.2 Å². The van der Waals surface area contributed by atoms with Crippen LogP contribution in [0.15, 0.2) is 49.1 Å². The first-order chi connectivity index (χ1) is 6.29. The molecule has 69 valence electrons. The maximum Gasteiger partial charge on any atom is 0.126 e. The van der Waals surface area contributed by atoms with Crippen molar-refractivity contribution in [3.8, 4) is 0 Å². The number of aliphatic hydroxyl groups excluding tert-OH is 1. The monoisotopic (exact) mass is 175 g/mol. The minimum Gasteiger partial charge on any atom is -0.381 e. The summed E-state index contributed by atoms with van der Waals surface area (Å²) in [5.74, 6) is 0.109. The number of aliphatic hydroxyl groups is 1. The molecule has 1 aliphatic carbocycles. The van der Waals surface area contributed by atoms with Gasteiger partial charge < -0.3 is 5.11 Å². The Kier molecular flexibility index (Phi) is 3.71. The number of hydrogen-bond acceptors (Lipinski definition) is 1. The molecule has 1 unspecified atom stereocenters. The van der Waals surface area contributed by atoms with Crippen molar-refractivity contribution in [3.63, 3.8) is 0 Å². The second-order valence-electron chi connectivity index (χ2n) is 3.09. The van der Waals surface area contributed by atoms with Crippen LogP contribution in [0.2, 0.25) is 0 Å². The second-order valence-corrected chi connectivity index (χ2v) is 3.09. The van der Waals surface area contributed by atoms with Crippen LogP contribution in [-0.4, -0.2) is 5.11 Å². The molecule has 0 aromatic carbocycles. The molecule has 1 rings (SSSR count). The van der Waals surface area contributed by atoms with Gasteiger partial charge in [0.2, 0.25) is 0 Å². The van der Waals surface area contributed by atoms with E-state index in [4.69, 9.17) is 0 Å². The van der Waals surface area contributed by atoms with Gasteiger partial charge >= 0.3 is 0 Å². The van der Waals surface area contributed by atoms with Gasteiger partial charge in [0, 0.05) is 5.92 Å². The Balaban J connectivity index is 2.67. The number of rotatable bonds is 4. The highest BCUT2D eigenvalue weighted by atomic mass is 16.3. The Morgan fingerprint density at radius 1 is 1.38 bits per heavy atom. The van der Waals surface area contributed by atoms with E-state index < -0.39 is 0 Å². The Morgan fingerprint density at radius 3 is 2.77 bits per heavy atom. The van der Waals surface area contributed by atoms with E-state index in [2.05, 4.69) is 13.2 Å². The first-order valence-electron chi connectivity index (χ1n) is 4.45. The zero-order valence-corrected chi connectivity index (χ0v) is 7.74. The molecule has 0 aliphatic heterocycles. The van der Waals surface area contributed by atoms with Gasteiger partial charge in [0.1, 0.15) is 6.10 Å². The summed E-state index contributed by atoms with van der Waals surface area (Å²) in [4.78, 5) is 0. The van der Waals surface area contributed by atoms with E-state index in [1.165, 1.54) is 0 Å². The summed E-state index contributed by atoms with van der Waals surface area (Å²) in [6, 6.07) is 0. The molecule has 1 atom stereocenters. The average Bonchev–Trinajstić information content (AvgIpc) is 2.13. The lowest BCUT2D eigenvalue weighted by molar-refractivity contribution is 0.271. The summed E-state index contributed by atoms with van der Waals surface area (Å²) in [5, 5.41) is 9.79. The van der Waals surface area contributed by atoms with Crippen LogP contribution < -0.4 is 0 Å². The van der Waals surface area contributed by atoms with Gasteiger partial charge in [-0.2, -0.15) is 0 Å². The van der Waals surface area contributed by atoms with Crippen LogP contribution in [0.3, 0.4) is 0 Å². The first-order valence-corrected chi connectivity index (χ1v) is 4.45. The molecule has 0 fully saturated rings. The molecule has 0 bridgehead atoms. The van der Waals surface area contributed by atoms with Crippen molar-refractivity contribution in [1.29, 1.82) is 0 Å². The molecular weight excluding hydrogens is 160 g/mol. The molecule has 1 heteroatoms. The maximum atomic E-state index is 9.79. The summed E-state index contributed by atoms with van der Waals surface area (Å²) in [6.45, 7) is 7.31. The molecule has 0 spiro atoms. The van der Waals surface area contributed by atoms with Crippen molar-refractivity contribution in [1.82, 2.24) is 0 Å². The summed E-state index contributed by atoms with van der Waals surface area (Å²) in [5.41, 5.74) is 0.962. The van der Waals surface area contributed by atoms with Crippen LogP contribution >= 0.6 is 0 Å². The van der Waals surface area contributed by atoms with E-state index in [0.717, 1.165) is 18.4 Å². The van der Waals surface area contributed by atoms with Gasteiger partial charge in [-0.25, -0.2) is 0 Å². The van der Waals surface area contributed by atoms with Gasteiger partial charge in [0.05, 0.1) is 0 Å². The van der Waals surface area contributed by atoms with Crippen LogP contribution in [0.1, 0.15) is 12.8 Å². The summed E-state index contributed by atoms with van der Waals surface area (Å²) in [7, 11) is 0. The van der Waals surface area contributed by atoms with Gasteiger partial charge in [-0.15, -0.1) is 13.2 Å². The van der Waals surface area contributed by atoms with Gasteiger partial charge in [0.15, 0.2) is 0 Å². The maximum absolute atomic E-state index is 9.79. The molecule has 0 saturated carbocycles. The van der Waals surface area contributed by atoms with Crippen LogP contribution in [0.5, 0.6) is 0 Å². The van der Waals surface area contributed by atoms with Crippen molar-refractivity contribution >= 4 is 0 Å². The Morgan fingerprint density at radius 2 is 2.15 bits per heavy atom. The van der Waals surface area contributed by atoms with Crippen LogP contribution in [0.4, 0.5) is 0 Å². The van der Waals surface area contributed by atoms with Gasteiger partial charge in [-0.3, -0.25) is 0 Å². The van der Waals surface area contributed by atoms with Gasteiger partial charge in [-0.1, -0.05) is 30.4 Å². The predicted octanol–water partition coefficient (Wildman–Crippen LogP) is 3.16. The fraction of sp³-hybridized carbons (Fsp3) is 0.250. The fourth-order valence-electron chi connectivity index (χ4n) is 1.42. The normalized spacial score (nSPS) is 22.5. The van der Waals surface area contributed by atoms with Crippen LogP contribution in [0, 0.1) is 12.0 Å². The Labute approximate surface area is 79.8 Å². The SMILES string of the molecule is C=CCC1=CC=CC(CC=C)[C]1O. The van der Waals surface area contributed by atoms with E-state index in [1.807, 2.05) is 24.3 Å². The largest absolute Gasteiger partial charge is 0.381 e. The fourth-order valence-corrected chi connectivity index (χ4v) is 1.42. The van der Waals surface area contributed by atoms with Gasteiger partial charge in [-0.05, 0) is 18.4 Å². The molecule has 0 aromatic heterocycles. The van der Waals surface area contributed by atoms with Crippen molar-refractivity contribution in [2.24, 2.45) is 5.92 Å². The molecule has 1 N–H and O–H groups in total. The molecule has 1 aliphatic rings. The molecular formula is C12H15O. The lowest BCUT2D eigenvalue weighted by Crippen LogP contribution is -2.14. The highest BCUT2D eigenvalue weighted by Gasteiger charge is 2.21. The van der Waals surface area contributed by atoms with E-state index in [-0.39, 0.29) is 5.92 Å². The minimum absolute atomic E-state index is 0.109. The topological polar surface area (TPSA) is 20.2 Å². The molecule has 0 saturated heterocycles. The van der Waals surface area contributed by atoms with Crippen molar-refractivity contribution in [2.75, 3.05) is 0 Å². The van der Waals surface area contributed by atoms with Crippen LogP contribution in [-0.2, 0) is 0 Å². The predicted molar refractivity (Wildman–Crippen MR) is 55.5 cm³/mol. The smallest absolute Gasteiger partial charge is 0.126 e. The number of hydrogen-bond donors (Lipinski definition) is 1. The van der Waals surface area contributed by atoms with E-state index in [0.29, 0.717) is 6.10 Å². The summed E-state index contributed by atoms with van der Waals surface area (Å²) < 4.78 is 0. The van der Waals surface area contributed by atoms with Crippen LogP contribution in [0.25, 0.3) is 0 Å². The molecule has 0 heterocycles. The molecule has 1 radical (unpaired) electrons. The van der Waals surface area contributed by atoms with E-state index >= 15 is 0 Å². The second kappa shape index (κ2) is 4.83. The van der Waals surface area contributed by atoms with E-state index in [1.54, 1.807) is 6.08 Å². The molecule has 13 heavy (non-hydrogen) atoms. The Hall–Kier alpha value is -1.08. The number of allylic oxidation sites excluding steroid dienone is 4. The lowest BCUT2D eigenvalue weighted by Gasteiger charge is -2.22. The highest BCUT2D eigenvalue weighted by molar-refractivity contribution is 5.34. The first kappa shape index (κ1) is 10.0. The van der Waals surface area contributed by atoms with Gasteiger partial charge in [0.25, 0.3) is 0 Å². The zero-order valence-electron chi connectivity index (χ0n) is 7.74. The molecule has 0 amide bonds. The third-order valence-corrected chi connectivity index (χ3v) is 2.11. The molecule has 1 nitrogen and oxygen atoms in total. The lowest BCUT2D eigenvalue weighted by atomic mass is 9.87. The van der Waals surface area contributed by atoms with Crippen molar-refractivity contribution in [2.45, 2.75) is 12.8 Å². The summed E-state index contributed by atoms with van der Waals surface area (Å²) >= 11 is 0. The quantitative estimate of drug-likeness (QED) is 0.651.